The molecule has 0 aliphatic rings. The van der Waals surface area contributed by atoms with Gasteiger partial charge in [-0.3, -0.25) is 9.59 Å². The first kappa shape index (κ1) is 22.0. The highest BCUT2D eigenvalue weighted by Crippen LogP contribution is 2.29. The van der Waals surface area contributed by atoms with E-state index in [2.05, 4.69) is 9.97 Å². The lowest BCUT2D eigenvalue weighted by atomic mass is 9.99. The first-order valence-corrected chi connectivity index (χ1v) is 10.5. The molecule has 0 aliphatic heterocycles. The third-order valence-electron chi connectivity index (χ3n) is 5.10. The molecule has 0 unspecified atom stereocenters. The lowest BCUT2D eigenvalue weighted by Crippen LogP contribution is -2.40. The van der Waals surface area contributed by atoms with E-state index >= 15 is 0 Å². The lowest BCUT2D eigenvalue weighted by Gasteiger charge is -2.34. The van der Waals surface area contributed by atoms with Gasteiger partial charge in [-0.1, -0.05) is 43.1 Å². The van der Waals surface area contributed by atoms with Gasteiger partial charge in [0.2, 0.25) is 0 Å². The summed E-state index contributed by atoms with van der Waals surface area (Å²) in [6, 6.07) is 12.0. The summed E-state index contributed by atoms with van der Waals surface area (Å²) in [6.45, 7) is 6.91. The zero-order valence-electron chi connectivity index (χ0n) is 17.5. The largest absolute Gasteiger partial charge is 0.330 e. The van der Waals surface area contributed by atoms with Crippen LogP contribution in [-0.4, -0.2) is 33.9 Å². The summed E-state index contributed by atoms with van der Waals surface area (Å²) in [5.41, 5.74) is 7.67. The Morgan fingerprint density at radius 3 is 2.53 bits per heavy atom. The quantitative estimate of drug-likeness (QED) is 0.595. The van der Waals surface area contributed by atoms with Crippen molar-refractivity contribution in [2.75, 3.05) is 13.1 Å². The van der Waals surface area contributed by atoms with Gasteiger partial charge in [-0.05, 0) is 56.1 Å². The van der Waals surface area contributed by atoms with Gasteiger partial charge >= 0.3 is 0 Å². The maximum absolute atomic E-state index is 13.4. The number of carbonyl (C=O) groups is 1. The number of rotatable bonds is 7. The number of carbonyl (C=O) groups excluding carboxylic acids is 1. The zero-order valence-corrected chi connectivity index (χ0v) is 18.2. The van der Waals surface area contributed by atoms with Crippen molar-refractivity contribution < 1.29 is 4.79 Å². The number of nitrogens with one attached hydrogen (secondary N) is 1. The van der Waals surface area contributed by atoms with Crippen LogP contribution in [0.5, 0.6) is 0 Å². The van der Waals surface area contributed by atoms with Gasteiger partial charge in [-0.15, -0.1) is 0 Å². The van der Waals surface area contributed by atoms with Gasteiger partial charge in [0.25, 0.3) is 11.5 Å². The first-order chi connectivity index (χ1) is 14.3. The molecule has 0 bridgehead atoms. The Hall–Kier alpha value is -2.70. The van der Waals surface area contributed by atoms with Gasteiger partial charge in [-0.25, -0.2) is 4.98 Å². The summed E-state index contributed by atoms with van der Waals surface area (Å²) in [5, 5.41) is 0.965. The second-order valence-corrected chi connectivity index (χ2v) is 8.24. The number of nitrogens with zero attached hydrogens (tertiary/aromatic N) is 2. The number of aromatic amines is 1. The van der Waals surface area contributed by atoms with E-state index in [4.69, 9.17) is 17.3 Å². The van der Waals surface area contributed by atoms with E-state index in [1.54, 1.807) is 23.1 Å². The van der Waals surface area contributed by atoms with Crippen molar-refractivity contribution >= 4 is 28.4 Å². The molecule has 0 radical (unpaired) electrons. The minimum Gasteiger partial charge on any atom is -0.330 e. The normalized spacial score (nSPS) is 12.3. The van der Waals surface area contributed by atoms with E-state index in [0.29, 0.717) is 46.8 Å². The third kappa shape index (κ3) is 4.71. The van der Waals surface area contributed by atoms with E-state index in [9.17, 15) is 9.59 Å². The molecule has 3 aromatic rings. The van der Waals surface area contributed by atoms with Crippen molar-refractivity contribution in [2.24, 2.45) is 11.7 Å². The number of amides is 1. The van der Waals surface area contributed by atoms with E-state index in [0.717, 1.165) is 5.56 Å². The van der Waals surface area contributed by atoms with Gasteiger partial charge in [0, 0.05) is 17.1 Å². The number of aryl methyl sites for hydroxylation is 1. The Bertz CT molecular complexity index is 1090. The zero-order chi connectivity index (χ0) is 21.8. The van der Waals surface area contributed by atoms with E-state index in [1.165, 1.54) is 0 Å². The monoisotopic (exact) mass is 426 g/mol. The van der Waals surface area contributed by atoms with Crippen LogP contribution in [-0.2, 0) is 0 Å². The van der Waals surface area contributed by atoms with Crippen molar-refractivity contribution in [3.8, 4) is 0 Å². The van der Waals surface area contributed by atoms with Crippen LogP contribution in [0.25, 0.3) is 10.9 Å². The van der Waals surface area contributed by atoms with Gasteiger partial charge in [0.15, 0.2) is 0 Å². The SMILES string of the molecule is Cc1ccc(C(=O)N(CCCN)[C@@H](c2nc3cc(Cl)ccc3c(=O)[nH]2)C(C)C)cc1. The van der Waals surface area contributed by atoms with Crippen LogP contribution in [0.15, 0.2) is 47.3 Å². The predicted octanol–water partition coefficient (Wildman–Crippen LogP) is 4.07. The van der Waals surface area contributed by atoms with Crippen molar-refractivity contribution in [3.63, 3.8) is 0 Å². The maximum Gasteiger partial charge on any atom is 0.258 e. The molecule has 0 spiro atoms. The molecule has 0 saturated heterocycles. The topological polar surface area (TPSA) is 92.1 Å². The number of nitrogens with two attached hydrogens (primary N) is 1. The molecule has 1 amide bonds. The van der Waals surface area contributed by atoms with Crippen LogP contribution in [0, 0.1) is 12.8 Å². The second kappa shape index (κ2) is 9.41. The Morgan fingerprint density at radius 1 is 1.20 bits per heavy atom. The van der Waals surface area contributed by atoms with Gasteiger partial charge in [0.05, 0.1) is 16.9 Å². The second-order valence-electron chi connectivity index (χ2n) is 7.81. The Labute approximate surface area is 181 Å². The lowest BCUT2D eigenvalue weighted by molar-refractivity contribution is 0.0609. The minimum absolute atomic E-state index is 0.0111. The molecule has 30 heavy (non-hydrogen) atoms. The molecular weight excluding hydrogens is 400 g/mol. The molecule has 3 rings (SSSR count). The van der Waals surface area contributed by atoms with Crippen LogP contribution < -0.4 is 11.3 Å². The molecule has 6 nitrogen and oxygen atoms in total. The van der Waals surface area contributed by atoms with E-state index in [-0.39, 0.29) is 17.4 Å². The Morgan fingerprint density at radius 2 is 1.90 bits per heavy atom. The molecule has 1 aromatic heterocycles. The highest BCUT2D eigenvalue weighted by Gasteiger charge is 2.30. The standard InChI is InChI=1S/C23H27ClN4O2/c1-14(2)20(21-26-19-13-17(24)9-10-18(19)22(29)27-21)28(12-4-11-25)23(30)16-7-5-15(3)6-8-16/h5-10,13-14,20H,4,11-12,25H2,1-3H3,(H,26,27,29)/t20-/m1/s1. The molecule has 0 fully saturated rings. The molecule has 0 aliphatic carbocycles. The summed E-state index contributed by atoms with van der Waals surface area (Å²) in [4.78, 5) is 35.4. The third-order valence-corrected chi connectivity index (χ3v) is 5.33. The first-order valence-electron chi connectivity index (χ1n) is 10.1. The molecule has 1 atom stereocenters. The number of hydrogen-bond donors (Lipinski definition) is 2. The van der Waals surface area contributed by atoms with Crippen molar-refractivity contribution in [1.29, 1.82) is 0 Å². The summed E-state index contributed by atoms with van der Waals surface area (Å²) in [5.74, 6) is 0.343. The summed E-state index contributed by atoms with van der Waals surface area (Å²) in [7, 11) is 0. The van der Waals surface area contributed by atoms with Crippen LogP contribution in [0.1, 0.15) is 48.1 Å². The smallest absolute Gasteiger partial charge is 0.258 e. The summed E-state index contributed by atoms with van der Waals surface area (Å²) >= 11 is 6.11. The fraction of sp³-hybridized carbons (Fsp3) is 0.348. The van der Waals surface area contributed by atoms with E-state index < -0.39 is 6.04 Å². The fourth-order valence-electron chi connectivity index (χ4n) is 3.58. The number of benzene rings is 2. The summed E-state index contributed by atoms with van der Waals surface area (Å²) in [6.07, 6.45) is 0.643. The Balaban J connectivity index is 2.10. The van der Waals surface area contributed by atoms with Gasteiger partial charge in [-0.2, -0.15) is 0 Å². The average molecular weight is 427 g/mol. The highest BCUT2D eigenvalue weighted by atomic mass is 35.5. The number of halogens is 1. The number of H-pyrrole nitrogens is 1. The molecule has 3 N–H and O–H groups in total. The summed E-state index contributed by atoms with van der Waals surface area (Å²) < 4.78 is 0. The Kier molecular flexibility index (Phi) is 6.90. The van der Waals surface area contributed by atoms with Crippen LogP contribution in [0.3, 0.4) is 0 Å². The fourth-order valence-corrected chi connectivity index (χ4v) is 3.75. The molecule has 7 heteroatoms. The molecule has 0 saturated carbocycles. The van der Waals surface area contributed by atoms with Crippen LogP contribution >= 0.6 is 11.6 Å². The molecule has 1 heterocycles. The number of aromatic nitrogens is 2. The highest BCUT2D eigenvalue weighted by molar-refractivity contribution is 6.31. The predicted molar refractivity (Wildman–Crippen MR) is 121 cm³/mol. The molecular formula is C23H27ClN4O2. The van der Waals surface area contributed by atoms with Crippen LogP contribution in [0.4, 0.5) is 0 Å². The van der Waals surface area contributed by atoms with E-state index in [1.807, 2.05) is 45.0 Å². The minimum atomic E-state index is -0.415. The maximum atomic E-state index is 13.4. The average Bonchev–Trinajstić information content (AvgIpc) is 2.70. The number of fused-ring (bicyclic) bond motifs is 1. The van der Waals surface area contributed by atoms with Crippen LogP contribution in [0.2, 0.25) is 5.02 Å². The number of hydrogen-bond acceptors (Lipinski definition) is 4. The van der Waals surface area contributed by atoms with Crippen molar-refractivity contribution in [2.45, 2.75) is 33.2 Å². The van der Waals surface area contributed by atoms with Gasteiger partial charge < -0.3 is 15.6 Å². The van der Waals surface area contributed by atoms with Gasteiger partial charge in [0.1, 0.15) is 5.82 Å². The van der Waals surface area contributed by atoms with Crippen molar-refractivity contribution in [1.82, 2.24) is 14.9 Å². The molecule has 158 valence electrons. The van der Waals surface area contributed by atoms with Crippen molar-refractivity contribution in [3.05, 3.63) is 74.8 Å². The molecule has 2 aromatic carbocycles.